The van der Waals surface area contributed by atoms with E-state index in [9.17, 15) is 4.79 Å². The summed E-state index contributed by atoms with van der Waals surface area (Å²) in [5, 5.41) is 10.2. The molecule has 5 heterocycles. The van der Waals surface area contributed by atoms with Gasteiger partial charge < -0.3 is 14.0 Å². The Morgan fingerprint density at radius 3 is 2.85 bits per heavy atom. The summed E-state index contributed by atoms with van der Waals surface area (Å²) in [6.07, 6.45) is 5.32. The molecule has 6 rings (SSSR count). The Kier molecular flexibility index (Phi) is 5.24. The van der Waals surface area contributed by atoms with E-state index in [0.717, 1.165) is 76.5 Å². The van der Waals surface area contributed by atoms with Gasteiger partial charge in [0.15, 0.2) is 0 Å². The van der Waals surface area contributed by atoms with Crippen LogP contribution in [-0.4, -0.2) is 60.7 Å². The fraction of sp³-hybridized carbons (Fsp3) is 0.577. The average molecular weight is 447 g/mol. The molecule has 7 heteroatoms. The number of para-hydroxylation sites is 1. The third-order valence-corrected chi connectivity index (χ3v) is 7.99. The van der Waals surface area contributed by atoms with Crippen molar-refractivity contribution in [3.8, 4) is 0 Å². The van der Waals surface area contributed by atoms with Crippen LogP contribution >= 0.6 is 0 Å². The number of nitrogens with zero attached hydrogens (tertiary/aromatic N) is 6. The van der Waals surface area contributed by atoms with Gasteiger partial charge in [-0.15, -0.1) is 10.2 Å². The number of carbonyl (C=O) groups is 1. The number of aryl methyl sites for hydroxylation is 1. The van der Waals surface area contributed by atoms with E-state index in [1.165, 1.54) is 22.2 Å². The quantitative estimate of drug-likeness (QED) is 0.617. The van der Waals surface area contributed by atoms with Crippen molar-refractivity contribution in [1.82, 2.24) is 29.1 Å². The highest BCUT2D eigenvalue weighted by atomic mass is 16.2. The number of aromatic nitrogens is 4. The number of piperidine rings is 1. The van der Waals surface area contributed by atoms with Gasteiger partial charge in [0.2, 0.25) is 5.91 Å². The Balaban J connectivity index is 1.25. The molecule has 0 saturated carbocycles. The lowest BCUT2D eigenvalue weighted by molar-refractivity contribution is -0.133. The topological polar surface area (TPSA) is 59.2 Å². The summed E-state index contributed by atoms with van der Waals surface area (Å²) in [6, 6.07) is 9.15. The van der Waals surface area contributed by atoms with Gasteiger partial charge in [-0.2, -0.15) is 0 Å². The molecule has 1 atom stereocenters. The van der Waals surface area contributed by atoms with E-state index in [4.69, 9.17) is 0 Å². The zero-order chi connectivity index (χ0) is 22.5. The molecule has 1 fully saturated rings. The summed E-state index contributed by atoms with van der Waals surface area (Å²) in [4.78, 5) is 18.2. The van der Waals surface area contributed by atoms with E-state index in [2.05, 4.69) is 67.2 Å². The summed E-state index contributed by atoms with van der Waals surface area (Å²) >= 11 is 0. The first kappa shape index (κ1) is 20.9. The maximum atomic E-state index is 13.6. The third-order valence-electron chi connectivity index (χ3n) is 7.99. The molecule has 7 nitrogen and oxygen atoms in total. The molecular weight excluding hydrogens is 412 g/mol. The van der Waals surface area contributed by atoms with Gasteiger partial charge in [-0.3, -0.25) is 9.69 Å². The van der Waals surface area contributed by atoms with Crippen LogP contribution in [0, 0.1) is 0 Å². The number of amides is 1. The largest absolute Gasteiger partial charge is 0.340 e. The highest BCUT2D eigenvalue weighted by molar-refractivity contribution is 5.88. The fourth-order valence-corrected chi connectivity index (χ4v) is 6.17. The van der Waals surface area contributed by atoms with Crippen molar-refractivity contribution in [2.75, 3.05) is 19.6 Å². The van der Waals surface area contributed by atoms with Crippen LogP contribution in [0.25, 0.3) is 10.9 Å². The molecule has 0 radical (unpaired) electrons. The van der Waals surface area contributed by atoms with Crippen LogP contribution in [0.1, 0.15) is 61.9 Å². The van der Waals surface area contributed by atoms with Crippen LogP contribution in [0.2, 0.25) is 0 Å². The van der Waals surface area contributed by atoms with Gasteiger partial charge in [0.1, 0.15) is 18.2 Å². The van der Waals surface area contributed by atoms with Crippen molar-refractivity contribution in [2.45, 2.75) is 77.5 Å². The van der Waals surface area contributed by atoms with Crippen LogP contribution in [0.4, 0.5) is 0 Å². The molecule has 0 N–H and O–H groups in total. The molecule has 3 aliphatic heterocycles. The minimum atomic E-state index is 0.232. The van der Waals surface area contributed by atoms with E-state index in [1.54, 1.807) is 0 Å². The van der Waals surface area contributed by atoms with Gasteiger partial charge in [0.05, 0.1) is 0 Å². The van der Waals surface area contributed by atoms with Crippen LogP contribution in [0.5, 0.6) is 0 Å². The van der Waals surface area contributed by atoms with Crippen molar-refractivity contribution in [2.24, 2.45) is 0 Å². The van der Waals surface area contributed by atoms with E-state index in [0.29, 0.717) is 18.5 Å². The molecule has 0 spiro atoms. The van der Waals surface area contributed by atoms with E-state index in [1.807, 2.05) is 0 Å². The predicted molar refractivity (Wildman–Crippen MR) is 128 cm³/mol. The Labute approximate surface area is 195 Å². The Bertz CT molecular complexity index is 1190. The molecule has 174 valence electrons. The first-order valence-corrected chi connectivity index (χ1v) is 12.6. The van der Waals surface area contributed by atoms with Gasteiger partial charge >= 0.3 is 0 Å². The number of hydrogen-bond acceptors (Lipinski definition) is 4. The lowest BCUT2D eigenvalue weighted by Crippen LogP contribution is -2.42. The number of rotatable bonds is 4. The second-order valence-electron chi connectivity index (χ2n) is 10.3. The predicted octanol–water partition coefficient (Wildman–Crippen LogP) is 3.35. The summed E-state index contributed by atoms with van der Waals surface area (Å²) < 4.78 is 4.61. The molecule has 1 amide bonds. The van der Waals surface area contributed by atoms with Crippen LogP contribution in [0.3, 0.4) is 0 Å². The van der Waals surface area contributed by atoms with Crippen molar-refractivity contribution in [3.05, 3.63) is 47.2 Å². The molecule has 0 aliphatic carbocycles. The summed E-state index contributed by atoms with van der Waals surface area (Å²) in [7, 11) is 0. The van der Waals surface area contributed by atoms with Gasteiger partial charge in [-0.25, -0.2) is 0 Å². The normalized spacial score (nSPS) is 21.1. The molecule has 1 saturated heterocycles. The Hall–Kier alpha value is -2.67. The number of fused-ring (bicyclic) bond motifs is 4. The molecule has 2 aromatic heterocycles. The number of likely N-dealkylation sites (tertiary alicyclic amines) is 1. The maximum Gasteiger partial charge on any atom is 0.242 e. The van der Waals surface area contributed by atoms with Crippen molar-refractivity contribution in [3.63, 3.8) is 0 Å². The zero-order valence-electron chi connectivity index (χ0n) is 19.8. The van der Waals surface area contributed by atoms with E-state index in [-0.39, 0.29) is 5.91 Å². The van der Waals surface area contributed by atoms with Crippen LogP contribution < -0.4 is 0 Å². The standard InChI is InChI=1S/C26H34N6O/c1-18(2)29-14-11-23-21(16-29)20-8-3-4-9-22(20)32(23)17-25(33)30-12-5-7-19(15-30)26-28-27-24-10-6-13-31(24)26/h3-4,8-9,18-19H,5-7,10-17H2,1-2H3. The van der Waals surface area contributed by atoms with Crippen LogP contribution in [0.15, 0.2) is 24.3 Å². The second-order valence-corrected chi connectivity index (χ2v) is 10.3. The van der Waals surface area contributed by atoms with Gasteiger partial charge in [0, 0.05) is 74.1 Å². The summed E-state index contributed by atoms with van der Waals surface area (Å²) in [5.41, 5.74) is 3.96. The molecule has 33 heavy (non-hydrogen) atoms. The van der Waals surface area contributed by atoms with Gasteiger partial charge in [0.25, 0.3) is 0 Å². The van der Waals surface area contributed by atoms with Crippen molar-refractivity contribution < 1.29 is 4.79 Å². The number of carbonyl (C=O) groups excluding carboxylic acids is 1. The molecule has 3 aromatic rings. The van der Waals surface area contributed by atoms with E-state index >= 15 is 0 Å². The van der Waals surface area contributed by atoms with Crippen molar-refractivity contribution >= 4 is 16.8 Å². The van der Waals surface area contributed by atoms with Gasteiger partial charge in [-0.05, 0) is 44.7 Å². The fourth-order valence-electron chi connectivity index (χ4n) is 6.17. The van der Waals surface area contributed by atoms with Gasteiger partial charge in [-0.1, -0.05) is 18.2 Å². The zero-order valence-corrected chi connectivity index (χ0v) is 19.8. The first-order valence-electron chi connectivity index (χ1n) is 12.6. The number of hydrogen-bond donors (Lipinski definition) is 0. The molecule has 1 aromatic carbocycles. The molecular formula is C26H34N6O. The SMILES string of the molecule is CC(C)N1CCc2c(c3ccccc3n2CC(=O)N2CCCC(c3nnc4n3CCC4)C2)C1. The summed E-state index contributed by atoms with van der Waals surface area (Å²) in [5.74, 6) is 2.75. The minimum Gasteiger partial charge on any atom is -0.340 e. The monoisotopic (exact) mass is 446 g/mol. The maximum absolute atomic E-state index is 13.6. The lowest BCUT2D eigenvalue weighted by atomic mass is 9.97. The van der Waals surface area contributed by atoms with Crippen LogP contribution in [-0.2, 0) is 37.3 Å². The smallest absolute Gasteiger partial charge is 0.242 e. The molecule has 0 bridgehead atoms. The molecule has 3 aliphatic rings. The Morgan fingerprint density at radius 1 is 1.09 bits per heavy atom. The third kappa shape index (κ3) is 3.57. The number of benzene rings is 1. The lowest BCUT2D eigenvalue weighted by Gasteiger charge is -2.33. The van der Waals surface area contributed by atoms with Crippen molar-refractivity contribution in [1.29, 1.82) is 0 Å². The summed E-state index contributed by atoms with van der Waals surface area (Å²) in [6.45, 7) is 9.63. The average Bonchev–Trinajstić information content (AvgIpc) is 3.53. The van der Waals surface area contributed by atoms with E-state index < -0.39 is 0 Å². The second kappa shape index (κ2) is 8.28. The first-order chi connectivity index (χ1) is 16.1. The minimum absolute atomic E-state index is 0.232. The highest BCUT2D eigenvalue weighted by Crippen LogP contribution is 2.33. The highest BCUT2D eigenvalue weighted by Gasteiger charge is 2.31. The Morgan fingerprint density at radius 2 is 1.97 bits per heavy atom. The molecule has 1 unspecified atom stereocenters.